The maximum Gasteiger partial charge on any atom is 0.0641 e. The first-order valence-corrected chi connectivity index (χ1v) is 14.1. The van der Waals surface area contributed by atoms with Crippen molar-refractivity contribution in [1.29, 1.82) is 0 Å². The van der Waals surface area contributed by atoms with E-state index in [1.807, 2.05) is 0 Å². The molecule has 0 N–H and O–H groups in total. The van der Waals surface area contributed by atoms with Crippen LogP contribution >= 0.6 is 0 Å². The van der Waals surface area contributed by atoms with Gasteiger partial charge in [-0.25, -0.2) is 0 Å². The molecule has 6 aromatic carbocycles. The molecule has 10 rings (SSSR count). The minimum absolute atomic E-state index is 1.18. The van der Waals surface area contributed by atoms with Gasteiger partial charge >= 0.3 is 0 Å². The van der Waals surface area contributed by atoms with Crippen LogP contribution in [-0.2, 0) is 0 Å². The van der Waals surface area contributed by atoms with Gasteiger partial charge in [-0.15, -0.1) is 0 Å². The Morgan fingerprint density at radius 2 is 0.976 bits per heavy atom. The summed E-state index contributed by atoms with van der Waals surface area (Å²) in [4.78, 5) is 0. The van der Waals surface area contributed by atoms with Gasteiger partial charge in [0.25, 0.3) is 0 Å². The van der Waals surface area contributed by atoms with Gasteiger partial charge in [-0.3, -0.25) is 0 Å². The number of para-hydroxylation sites is 4. The molecule has 0 saturated carbocycles. The maximum absolute atomic E-state index is 2.46. The Morgan fingerprint density at radius 3 is 1.71 bits per heavy atom. The molecule has 10 aromatic rings. The van der Waals surface area contributed by atoms with Crippen LogP contribution in [0.3, 0.4) is 0 Å². The summed E-state index contributed by atoms with van der Waals surface area (Å²) in [6.45, 7) is 0. The van der Waals surface area contributed by atoms with Crippen molar-refractivity contribution < 1.29 is 0 Å². The fraction of sp³-hybridized carbons (Fsp3) is 0. The molecule has 0 radical (unpaired) electrons. The standard InChI is InChI=1S/C38H23N3/c1-3-11-25(12-4-1)40-32-17-9-7-15-27(32)29-22-31-34(23-35(29)40)39-20-19-24-21-30-28-16-8-10-18-33(28)41(26-13-5-2-6-14-26)38(30)36(31)37(24)39/h1-23H. The first-order valence-electron chi connectivity index (χ1n) is 14.1. The second-order valence-corrected chi connectivity index (χ2v) is 11.0. The Hall–Kier alpha value is -5.54. The van der Waals surface area contributed by atoms with E-state index in [-0.39, 0.29) is 0 Å². The van der Waals surface area contributed by atoms with Crippen LogP contribution in [0.5, 0.6) is 0 Å². The normalized spacial score (nSPS) is 12.4. The zero-order valence-corrected chi connectivity index (χ0v) is 22.1. The number of hydrogen-bond donors (Lipinski definition) is 0. The van der Waals surface area contributed by atoms with Gasteiger partial charge in [0.05, 0.1) is 33.1 Å². The second-order valence-electron chi connectivity index (χ2n) is 11.0. The van der Waals surface area contributed by atoms with Crippen LogP contribution in [0.4, 0.5) is 0 Å². The van der Waals surface area contributed by atoms with Gasteiger partial charge in [-0.2, -0.15) is 0 Å². The number of benzene rings is 6. The SMILES string of the molecule is c1ccc(-n2c3ccccc3c3cc4c5c6c(cc7ccn(c4cc32)c75)c2ccccc2n6-c2ccccc2)cc1. The molecule has 0 aliphatic rings. The van der Waals surface area contributed by atoms with Crippen LogP contribution in [-0.4, -0.2) is 13.5 Å². The topological polar surface area (TPSA) is 14.3 Å². The van der Waals surface area contributed by atoms with Gasteiger partial charge in [0.15, 0.2) is 0 Å². The lowest BCUT2D eigenvalue weighted by Gasteiger charge is -2.09. The van der Waals surface area contributed by atoms with Crippen molar-refractivity contribution in [1.82, 2.24) is 13.5 Å². The number of rotatable bonds is 2. The van der Waals surface area contributed by atoms with Crippen LogP contribution in [0, 0.1) is 0 Å². The molecule has 41 heavy (non-hydrogen) atoms. The van der Waals surface area contributed by atoms with E-state index >= 15 is 0 Å². The van der Waals surface area contributed by atoms with Crippen LogP contribution in [0.1, 0.15) is 0 Å². The first kappa shape index (κ1) is 21.3. The van der Waals surface area contributed by atoms with E-state index in [0.29, 0.717) is 0 Å². The molecule has 0 bridgehead atoms. The van der Waals surface area contributed by atoms with E-state index in [0.717, 1.165) is 0 Å². The lowest BCUT2D eigenvalue weighted by molar-refractivity contribution is 1.18. The van der Waals surface area contributed by atoms with E-state index in [1.165, 1.54) is 82.2 Å². The van der Waals surface area contributed by atoms with Crippen molar-refractivity contribution in [3.8, 4) is 11.4 Å². The first-order chi connectivity index (χ1) is 20.4. The summed E-state index contributed by atoms with van der Waals surface area (Å²) >= 11 is 0. The average Bonchev–Trinajstić information content (AvgIpc) is 3.77. The summed E-state index contributed by atoms with van der Waals surface area (Å²) in [7, 11) is 0. The van der Waals surface area contributed by atoms with Crippen molar-refractivity contribution in [2.24, 2.45) is 0 Å². The van der Waals surface area contributed by atoms with Gasteiger partial charge in [0, 0.05) is 55.3 Å². The van der Waals surface area contributed by atoms with E-state index in [4.69, 9.17) is 0 Å². The third-order valence-electron chi connectivity index (χ3n) is 8.95. The summed E-state index contributed by atoms with van der Waals surface area (Å²) in [6, 6.07) is 48.6. The largest absolute Gasteiger partial charge is 0.315 e. The summed E-state index contributed by atoms with van der Waals surface area (Å²) in [5.41, 5.74) is 9.85. The average molecular weight is 522 g/mol. The predicted octanol–water partition coefficient (Wildman–Crippen LogP) is 9.88. The van der Waals surface area contributed by atoms with Gasteiger partial charge in [0.1, 0.15) is 0 Å². The predicted molar refractivity (Wildman–Crippen MR) is 172 cm³/mol. The molecule has 0 aliphatic heterocycles. The fourth-order valence-corrected chi connectivity index (χ4v) is 7.31. The smallest absolute Gasteiger partial charge is 0.0641 e. The Kier molecular flexibility index (Phi) is 3.93. The highest BCUT2D eigenvalue weighted by Crippen LogP contribution is 2.45. The third-order valence-corrected chi connectivity index (χ3v) is 8.95. The van der Waals surface area contributed by atoms with Crippen LogP contribution in [0.2, 0.25) is 0 Å². The number of fused-ring (bicyclic) bond motifs is 10. The van der Waals surface area contributed by atoms with E-state index in [2.05, 4.69) is 153 Å². The Morgan fingerprint density at radius 1 is 0.366 bits per heavy atom. The number of nitrogens with zero attached hydrogens (tertiary/aromatic N) is 3. The lowest BCUT2D eigenvalue weighted by atomic mass is 10.0. The van der Waals surface area contributed by atoms with Crippen molar-refractivity contribution in [3.05, 3.63) is 140 Å². The van der Waals surface area contributed by atoms with Crippen LogP contribution < -0.4 is 0 Å². The summed E-state index contributed by atoms with van der Waals surface area (Å²) in [5, 5.41) is 9.02. The van der Waals surface area contributed by atoms with Gasteiger partial charge in [-0.1, -0.05) is 72.8 Å². The summed E-state index contributed by atoms with van der Waals surface area (Å²) in [5.74, 6) is 0. The molecule has 0 amide bonds. The fourth-order valence-electron chi connectivity index (χ4n) is 7.31. The molecule has 3 nitrogen and oxygen atoms in total. The highest BCUT2D eigenvalue weighted by molar-refractivity contribution is 6.31. The van der Waals surface area contributed by atoms with Crippen LogP contribution in [0.15, 0.2) is 140 Å². The van der Waals surface area contributed by atoms with E-state index in [9.17, 15) is 0 Å². The lowest BCUT2D eigenvalue weighted by Crippen LogP contribution is -1.93. The Balaban J connectivity index is 1.47. The van der Waals surface area contributed by atoms with Crippen molar-refractivity contribution in [3.63, 3.8) is 0 Å². The van der Waals surface area contributed by atoms with Crippen molar-refractivity contribution in [2.75, 3.05) is 0 Å². The molecule has 190 valence electrons. The third kappa shape index (κ3) is 2.63. The summed E-state index contributed by atoms with van der Waals surface area (Å²) in [6.07, 6.45) is 2.25. The van der Waals surface area contributed by atoms with Gasteiger partial charge in [0.2, 0.25) is 0 Å². The van der Waals surface area contributed by atoms with E-state index < -0.39 is 0 Å². The molecule has 0 fully saturated rings. The molecule has 3 heteroatoms. The zero-order valence-electron chi connectivity index (χ0n) is 22.1. The van der Waals surface area contributed by atoms with Crippen molar-refractivity contribution >= 4 is 70.8 Å². The molecule has 0 aliphatic carbocycles. The monoisotopic (exact) mass is 521 g/mol. The number of aromatic nitrogens is 3. The van der Waals surface area contributed by atoms with Gasteiger partial charge in [-0.05, 0) is 60.7 Å². The van der Waals surface area contributed by atoms with E-state index in [1.54, 1.807) is 0 Å². The molecule has 0 unspecified atom stereocenters. The molecule has 4 aromatic heterocycles. The van der Waals surface area contributed by atoms with Crippen molar-refractivity contribution in [2.45, 2.75) is 0 Å². The highest BCUT2D eigenvalue weighted by Gasteiger charge is 2.23. The molecule has 0 saturated heterocycles. The maximum atomic E-state index is 2.46. The molecule has 4 heterocycles. The quantitative estimate of drug-likeness (QED) is 0.215. The zero-order chi connectivity index (χ0) is 26.7. The van der Waals surface area contributed by atoms with Crippen LogP contribution in [0.25, 0.3) is 82.2 Å². The number of hydrogen-bond acceptors (Lipinski definition) is 0. The Bertz CT molecular complexity index is 2610. The molecule has 0 atom stereocenters. The molecular weight excluding hydrogens is 498 g/mol. The minimum Gasteiger partial charge on any atom is -0.315 e. The highest BCUT2D eigenvalue weighted by atomic mass is 15.0. The second kappa shape index (κ2) is 7.56. The van der Waals surface area contributed by atoms with Gasteiger partial charge < -0.3 is 13.5 Å². The molecule has 0 spiro atoms. The summed E-state index contributed by atoms with van der Waals surface area (Å²) < 4.78 is 7.27. The molecular formula is C38H23N3. The Labute approximate surface area is 235 Å². The minimum atomic E-state index is 1.18.